The van der Waals surface area contributed by atoms with Crippen molar-refractivity contribution in [2.75, 3.05) is 0 Å². The van der Waals surface area contributed by atoms with Crippen molar-refractivity contribution in [2.45, 2.75) is 18.9 Å². The van der Waals surface area contributed by atoms with Crippen LogP contribution in [-0.2, 0) is 22.4 Å². The lowest BCUT2D eigenvalue weighted by Gasteiger charge is -2.15. The number of aliphatic carboxylic acids is 1. The van der Waals surface area contributed by atoms with E-state index in [1.807, 2.05) is 36.4 Å². The second-order valence-electron chi connectivity index (χ2n) is 6.22. The van der Waals surface area contributed by atoms with Crippen LogP contribution in [0, 0.1) is 11.6 Å². The Kier molecular flexibility index (Phi) is 5.45. The molecule has 27 heavy (non-hydrogen) atoms. The van der Waals surface area contributed by atoms with Crippen molar-refractivity contribution in [3.8, 4) is 0 Å². The van der Waals surface area contributed by atoms with Gasteiger partial charge in [0.2, 0.25) is 5.91 Å². The first kappa shape index (κ1) is 18.5. The van der Waals surface area contributed by atoms with Crippen molar-refractivity contribution < 1.29 is 23.5 Å². The van der Waals surface area contributed by atoms with E-state index in [9.17, 15) is 23.5 Å². The summed E-state index contributed by atoms with van der Waals surface area (Å²) in [4.78, 5) is 23.7. The summed E-state index contributed by atoms with van der Waals surface area (Å²) in [6.45, 7) is 0. The molecular weight excluding hydrogens is 352 g/mol. The molecule has 3 rings (SSSR count). The molecule has 0 saturated carbocycles. The molecule has 0 unspecified atom stereocenters. The second-order valence-corrected chi connectivity index (χ2v) is 6.22. The van der Waals surface area contributed by atoms with Gasteiger partial charge in [0.1, 0.15) is 17.7 Å². The first-order valence-corrected chi connectivity index (χ1v) is 8.37. The highest BCUT2D eigenvalue weighted by Crippen LogP contribution is 2.17. The summed E-state index contributed by atoms with van der Waals surface area (Å²) in [7, 11) is 0. The summed E-state index contributed by atoms with van der Waals surface area (Å²) in [5.41, 5.74) is 0.350. The fourth-order valence-electron chi connectivity index (χ4n) is 2.91. The zero-order valence-corrected chi connectivity index (χ0v) is 14.3. The first-order chi connectivity index (χ1) is 12.9. The van der Waals surface area contributed by atoms with Crippen molar-refractivity contribution in [2.24, 2.45) is 0 Å². The first-order valence-electron chi connectivity index (χ1n) is 8.37. The summed E-state index contributed by atoms with van der Waals surface area (Å²) in [5, 5.41) is 13.7. The third-order valence-corrected chi connectivity index (χ3v) is 4.29. The number of halogens is 2. The molecule has 1 atom stereocenters. The van der Waals surface area contributed by atoms with Gasteiger partial charge in [0.15, 0.2) is 0 Å². The largest absolute Gasteiger partial charge is 0.480 e. The van der Waals surface area contributed by atoms with E-state index in [2.05, 4.69) is 5.32 Å². The lowest BCUT2D eigenvalue weighted by molar-refractivity contribution is -0.141. The van der Waals surface area contributed by atoms with E-state index in [4.69, 9.17) is 0 Å². The minimum atomic E-state index is -1.22. The predicted molar refractivity (Wildman–Crippen MR) is 97.3 cm³/mol. The summed E-state index contributed by atoms with van der Waals surface area (Å²) >= 11 is 0. The maximum absolute atomic E-state index is 13.7. The molecule has 4 nitrogen and oxygen atoms in total. The van der Waals surface area contributed by atoms with Gasteiger partial charge >= 0.3 is 5.97 Å². The Bertz CT molecular complexity index is 983. The topological polar surface area (TPSA) is 66.4 Å². The molecule has 0 aromatic heterocycles. The molecule has 3 aromatic carbocycles. The molecule has 0 aliphatic carbocycles. The number of rotatable bonds is 6. The zero-order valence-electron chi connectivity index (χ0n) is 14.3. The highest BCUT2D eigenvalue weighted by molar-refractivity contribution is 5.86. The van der Waals surface area contributed by atoms with Crippen LogP contribution in [0.4, 0.5) is 8.78 Å². The van der Waals surface area contributed by atoms with E-state index in [1.165, 1.54) is 6.07 Å². The van der Waals surface area contributed by atoms with Gasteiger partial charge in [0.25, 0.3) is 0 Å². The van der Waals surface area contributed by atoms with E-state index in [1.54, 1.807) is 6.07 Å². The highest BCUT2D eigenvalue weighted by atomic mass is 19.1. The molecule has 1 amide bonds. The van der Waals surface area contributed by atoms with Crippen LogP contribution in [0.3, 0.4) is 0 Å². The number of hydrogen-bond acceptors (Lipinski definition) is 2. The van der Waals surface area contributed by atoms with Gasteiger partial charge in [-0.05, 0) is 28.5 Å². The summed E-state index contributed by atoms with van der Waals surface area (Å²) in [5.74, 6) is -3.66. The van der Waals surface area contributed by atoms with Crippen LogP contribution in [0.5, 0.6) is 0 Å². The Labute approximate surface area is 154 Å². The smallest absolute Gasteiger partial charge is 0.326 e. The Morgan fingerprint density at radius 2 is 1.59 bits per heavy atom. The second kappa shape index (κ2) is 7.95. The fourth-order valence-corrected chi connectivity index (χ4v) is 2.91. The van der Waals surface area contributed by atoms with Crippen LogP contribution in [0.2, 0.25) is 0 Å². The van der Waals surface area contributed by atoms with E-state index < -0.39 is 36.0 Å². The minimum Gasteiger partial charge on any atom is -0.480 e. The van der Waals surface area contributed by atoms with E-state index in [0.29, 0.717) is 0 Å². The number of nitrogens with one attached hydrogen (secondary N) is 1. The van der Waals surface area contributed by atoms with Gasteiger partial charge in [0, 0.05) is 12.0 Å². The van der Waals surface area contributed by atoms with Gasteiger partial charge < -0.3 is 10.4 Å². The number of benzene rings is 3. The number of carboxylic acids is 1. The highest BCUT2D eigenvalue weighted by Gasteiger charge is 2.22. The third-order valence-electron chi connectivity index (χ3n) is 4.29. The van der Waals surface area contributed by atoms with Gasteiger partial charge in [-0.3, -0.25) is 4.79 Å². The van der Waals surface area contributed by atoms with Crippen LogP contribution in [0.15, 0.2) is 60.7 Å². The SMILES string of the molecule is O=C(Cc1c(F)cccc1F)N[C@H](Cc1ccc2ccccc2c1)C(=O)O. The van der Waals surface area contributed by atoms with Crippen molar-refractivity contribution in [1.29, 1.82) is 0 Å². The van der Waals surface area contributed by atoms with Crippen molar-refractivity contribution in [3.05, 3.63) is 83.4 Å². The Balaban J connectivity index is 1.73. The molecule has 0 aliphatic heterocycles. The summed E-state index contributed by atoms with van der Waals surface area (Å²) in [6.07, 6.45) is -0.508. The van der Waals surface area contributed by atoms with Crippen molar-refractivity contribution in [3.63, 3.8) is 0 Å². The molecule has 0 saturated heterocycles. The monoisotopic (exact) mass is 369 g/mol. The molecule has 138 valence electrons. The van der Waals surface area contributed by atoms with Crippen LogP contribution in [-0.4, -0.2) is 23.0 Å². The van der Waals surface area contributed by atoms with Crippen LogP contribution in [0.1, 0.15) is 11.1 Å². The number of hydrogen-bond donors (Lipinski definition) is 2. The Morgan fingerprint density at radius 3 is 2.26 bits per heavy atom. The maximum atomic E-state index is 13.7. The number of carbonyl (C=O) groups excluding carboxylic acids is 1. The Morgan fingerprint density at radius 1 is 0.926 bits per heavy atom. The molecule has 3 aromatic rings. The molecule has 0 heterocycles. The Hall–Kier alpha value is -3.28. The molecule has 0 aliphatic rings. The third kappa shape index (κ3) is 4.47. The van der Waals surface area contributed by atoms with Gasteiger partial charge in [-0.15, -0.1) is 0 Å². The minimum absolute atomic E-state index is 0.0612. The van der Waals surface area contributed by atoms with Crippen LogP contribution in [0.25, 0.3) is 10.8 Å². The number of carbonyl (C=O) groups is 2. The molecule has 0 bridgehead atoms. The van der Waals surface area contributed by atoms with Crippen molar-refractivity contribution in [1.82, 2.24) is 5.32 Å². The molecule has 0 fully saturated rings. The number of fused-ring (bicyclic) bond motifs is 1. The molecular formula is C21H17F2NO3. The lowest BCUT2D eigenvalue weighted by atomic mass is 10.0. The maximum Gasteiger partial charge on any atom is 0.326 e. The lowest BCUT2D eigenvalue weighted by Crippen LogP contribution is -2.43. The molecule has 6 heteroatoms. The van der Waals surface area contributed by atoms with Crippen LogP contribution < -0.4 is 5.32 Å². The van der Waals surface area contributed by atoms with Gasteiger partial charge in [-0.2, -0.15) is 0 Å². The molecule has 0 spiro atoms. The van der Waals surface area contributed by atoms with Crippen LogP contribution >= 0.6 is 0 Å². The summed E-state index contributed by atoms with van der Waals surface area (Å²) in [6, 6.07) is 15.3. The quantitative estimate of drug-likeness (QED) is 0.699. The average molecular weight is 369 g/mol. The van der Waals surface area contributed by atoms with E-state index in [0.717, 1.165) is 28.5 Å². The van der Waals surface area contributed by atoms with Gasteiger partial charge in [0.05, 0.1) is 6.42 Å². The number of amides is 1. The van der Waals surface area contributed by atoms with Gasteiger partial charge in [-0.1, -0.05) is 48.5 Å². The average Bonchev–Trinajstić information content (AvgIpc) is 2.64. The predicted octanol–water partition coefficient (Wildman–Crippen LogP) is 3.47. The van der Waals surface area contributed by atoms with Crippen molar-refractivity contribution >= 4 is 22.6 Å². The standard InChI is InChI=1S/C21H17F2NO3/c22-17-6-3-7-18(23)16(17)12-20(25)24-19(21(26)27)11-13-8-9-14-4-1-2-5-15(14)10-13/h1-10,19H,11-12H2,(H,24,25)(H,26,27)/t19-/m1/s1. The van der Waals surface area contributed by atoms with E-state index >= 15 is 0 Å². The van der Waals surface area contributed by atoms with Gasteiger partial charge in [-0.25, -0.2) is 13.6 Å². The number of carboxylic acid groups (broad SMARTS) is 1. The molecule has 0 radical (unpaired) electrons. The van der Waals surface area contributed by atoms with E-state index in [-0.39, 0.29) is 12.0 Å². The summed E-state index contributed by atoms with van der Waals surface area (Å²) < 4.78 is 27.3. The normalized spacial score (nSPS) is 11.9. The zero-order chi connectivity index (χ0) is 19.4. The molecule has 2 N–H and O–H groups in total. The fraction of sp³-hybridized carbons (Fsp3) is 0.143.